The first kappa shape index (κ1) is 15.9. The van der Waals surface area contributed by atoms with E-state index >= 15 is 0 Å². The summed E-state index contributed by atoms with van der Waals surface area (Å²) in [5, 5.41) is 6.64. The molecular formula is C12H21N5O3S. The monoisotopic (exact) mass is 315 g/mol. The van der Waals surface area contributed by atoms with Gasteiger partial charge in [-0.2, -0.15) is 0 Å². The molecule has 0 saturated carbocycles. The fourth-order valence-corrected chi connectivity index (χ4v) is 3.14. The van der Waals surface area contributed by atoms with Crippen LogP contribution in [0.15, 0.2) is 0 Å². The Balaban J connectivity index is 1.90. The van der Waals surface area contributed by atoms with Crippen LogP contribution in [0.5, 0.6) is 0 Å². The van der Waals surface area contributed by atoms with Gasteiger partial charge in [0.05, 0.1) is 5.75 Å². The Morgan fingerprint density at radius 2 is 2.05 bits per heavy atom. The zero-order valence-corrected chi connectivity index (χ0v) is 13.1. The third-order valence-electron chi connectivity index (χ3n) is 3.57. The molecule has 1 fully saturated rings. The zero-order valence-electron chi connectivity index (χ0n) is 12.3. The molecule has 1 aromatic rings. The summed E-state index contributed by atoms with van der Waals surface area (Å²) in [5.74, 6) is 0.731. The summed E-state index contributed by atoms with van der Waals surface area (Å²) in [6, 6.07) is -0.0997. The maximum atomic E-state index is 12.2. The van der Waals surface area contributed by atoms with Crippen LogP contribution < -0.4 is 4.72 Å². The topological polar surface area (TPSA) is 108 Å². The molecule has 8 nitrogen and oxygen atoms in total. The first-order valence-electron chi connectivity index (χ1n) is 7.15. The van der Waals surface area contributed by atoms with Crippen molar-refractivity contribution in [1.82, 2.24) is 24.8 Å². The van der Waals surface area contributed by atoms with E-state index in [9.17, 15) is 13.2 Å². The highest BCUT2D eigenvalue weighted by molar-refractivity contribution is 7.89. The number of carbonyl (C=O) groups excluding carboxylic acids is 1. The third-order valence-corrected chi connectivity index (χ3v) is 5.02. The van der Waals surface area contributed by atoms with Crippen molar-refractivity contribution in [2.75, 3.05) is 18.8 Å². The van der Waals surface area contributed by atoms with Gasteiger partial charge in [0.25, 0.3) is 5.91 Å². The molecule has 0 aromatic carbocycles. The van der Waals surface area contributed by atoms with E-state index in [4.69, 9.17) is 0 Å². The molecule has 1 amide bonds. The highest BCUT2D eigenvalue weighted by Gasteiger charge is 2.27. The van der Waals surface area contributed by atoms with Crippen LogP contribution in [0, 0.1) is 0 Å². The highest BCUT2D eigenvalue weighted by atomic mass is 32.2. The minimum Gasteiger partial charge on any atom is -0.336 e. The summed E-state index contributed by atoms with van der Waals surface area (Å²) < 4.78 is 25.7. The van der Waals surface area contributed by atoms with Crippen LogP contribution >= 0.6 is 0 Å². The van der Waals surface area contributed by atoms with Gasteiger partial charge in [-0.15, -0.1) is 5.10 Å². The van der Waals surface area contributed by atoms with Gasteiger partial charge in [-0.3, -0.25) is 9.89 Å². The van der Waals surface area contributed by atoms with Gasteiger partial charge in [-0.05, 0) is 19.8 Å². The number of aromatic nitrogens is 3. The number of piperidine rings is 1. The number of hydrogen-bond acceptors (Lipinski definition) is 5. The van der Waals surface area contributed by atoms with Crippen molar-refractivity contribution in [3.05, 3.63) is 11.6 Å². The van der Waals surface area contributed by atoms with E-state index in [2.05, 4.69) is 19.9 Å². The van der Waals surface area contributed by atoms with E-state index in [1.165, 1.54) is 0 Å². The average Bonchev–Trinajstić information content (AvgIpc) is 2.96. The number of rotatable bonds is 5. The summed E-state index contributed by atoms with van der Waals surface area (Å²) in [5.41, 5.74) is 0. The SMILES string of the molecule is CCc1nc(C(=O)N2CCC(NS(=O)(=O)CC)CC2)n[nH]1. The summed E-state index contributed by atoms with van der Waals surface area (Å²) in [6.07, 6.45) is 1.91. The lowest BCUT2D eigenvalue weighted by molar-refractivity contribution is 0.0699. The molecule has 1 aliphatic rings. The molecule has 0 unspecified atom stereocenters. The Morgan fingerprint density at radius 3 is 2.57 bits per heavy atom. The second kappa shape index (κ2) is 6.52. The Morgan fingerprint density at radius 1 is 1.38 bits per heavy atom. The molecule has 21 heavy (non-hydrogen) atoms. The van der Waals surface area contributed by atoms with E-state index in [0.717, 1.165) is 0 Å². The molecule has 2 heterocycles. The number of hydrogen-bond donors (Lipinski definition) is 2. The quantitative estimate of drug-likeness (QED) is 0.789. The molecule has 118 valence electrons. The minimum atomic E-state index is -3.19. The van der Waals surface area contributed by atoms with Crippen LogP contribution in [0.4, 0.5) is 0 Å². The smallest absolute Gasteiger partial charge is 0.293 e. The first-order valence-corrected chi connectivity index (χ1v) is 8.81. The molecule has 1 aliphatic heterocycles. The van der Waals surface area contributed by atoms with Crippen molar-refractivity contribution in [2.45, 2.75) is 39.2 Å². The number of amides is 1. The summed E-state index contributed by atoms with van der Waals surface area (Å²) in [4.78, 5) is 18.0. The van der Waals surface area contributed by atoms with Gasteiger partial charge in [0, 0.05) is 25.6 Å². The van der Waals surface area contributed by atoms with E-state index in [-0.39, 0.29) is 23.5 Å². The second-order valence-corrected chi connectivity index (χ2v) is 7.09. The molecular weight excluding hydrogens is 294 g/mol. The normalized spacial score (nSPS) is 17.1. The number of nitrogens with zero attached hydrogens (tertiary/aromatic N) is 3. The molecule has 0 atom stereocenters. The maximum absolute atomic E-state index is 12.2. The number of aryl methyl sites for hydroxylation is 1. The largest absolute Gasteiger partial charge is 0.336 e. The van der Waals surface area contributed by atoms with Gasteiger partial charge in [-0.25, -0.2) is 18.1 Å². The van der Waals surface area contributed by atoms with E-state index in [1.807, 2.05) is 6.92 Å². The molecule has 1 saturated heterocycles. The van der Waals surface area contributed by atoms with E-state index in [0.29, 0.717) is 38.2 Å². The van der Waals surface area contributed by atoms with Crippen LogP contribution in [0.3, 0.4) is 0 Å². The molecule has 1 aromatic heterocycles. The van der Waals surface area contributed by atoms with Crippen molar-refractivity contribution in [1.29, 1.82) is 0 Å². The standard InChI is InChI=1S/C12H21N5O3S/c1-3-10-13-11(15-14-10)12(18)17-7-5-9(6-8-17)16-21(19,20)4-2/h9,16H,3-8H2,1-2H3,(H,13,14,15). The Kier molecular flexibility index (Phi) is 4.94. The summed E-state index contributed by atoms with van der Waals surface area (Å²) >= 11 is 0. The van der Waals surface area contributed by atoms with Crippen molar-refractivity contribution in [3.8, 4) is 0 Å². The predicted octanol–water partition coefficient (Wildman–Crippen LogP) is -0.0890. The molecule has 0 radical (unpaired) electrons. The highest BCUT2D eigenvalue weighted by Crippen LogP contribution is 2.13. The third kappa shape index (κ3) is 4.01. The van der Waals surface area contributed by atoms with Gasteiger partial charge in [0.2, 0.25) is 15.8 Å². The Bertz CT molecular complexity index is 590. The first-order chi connectivity index (χ1) is 9.95. The average molecular weight is 315 g/mol. The number of sulfonamides is 1. The number of likely N-dealkylation sites (tertiary alicyclic amines) is 1. The lowest BCUT2D eigenvalue weighted by Crippen LogP contribution is -2.47. The lowest BCUT2D eigenvalue weighted by Gasteiger charge is -2.31. The maximum Gasteiger partial charge on any atom is 0.293 e. The van der Waals surface area contributed by atoms with Crippen LogP contribution in [0.2, 0.25) is 0 Å². The van der Waals surface area contributed by atoms with Crippen LogP contribution in [0.1, 0.15) is 43.1 Å². The number of carbonyl (C=O) groups is 1. The van der Waals surface area contributed by atoms with Gasteiger partial charge >= 0.3 is 0 Å². The second-order valence-electron chi connectivity index (χ2n) is 5.05. The van der Waals surface area contributed by atoms with Gasteiger partial charge in [0.1, 0.15) is 5.82 Å². The number of nitrogens with one attached hydrogen (secondary N) is 2. The zero-order chi connectivity index (χ0) is 15.5. The predicted molar refractivity (Wildman–Crippen MR) is 77.3 cm³/mol. The molecule has 0 bridgehead atoms. The molecule has 9 heteroatoms. The molecule has 0 aliphatic carbocycles. The molecule has 0 spiro atoms. The molecule has 2 rings (SSSR count). The number of aromatic amines is 1. The fourth-order valence-electron chi connectivity index (χ4n) is 2.23. The fraction of sp³-hybridized carbons (Fsp3) is 0.750. The molecule has 2 N–H and O–H groups in total. The summed E-state index contributed by atoms with van der Waals surface area (Å²) in [6.45, 7) is 4.55. The van der Waals surface area contributed by atoms with E-state index in [1.54, 1.807) is 11.8 Å². The number of H-pyrrole nitrogens is 1. The lowest BCUT2D eigenvalue weighted by atomic mass is 10.1. The van der Waals surface area contributed by atoms with Gasteiger partial charge in [-0.1, -0.05) is 6.92 Å². The van der Waals surface area contributed by atoms with Gasteiger partial charge in [0.15, 0.2) is 0 Å². The Labute approximate surface area is 124 Å². The van der Waals surface area contributed by atoms with Gasteiger partial charge < -0.3 is 4.90 Å². The van der Waals surface area contributed by atoms with Crippen LogP contribution in [0.25, 0.3) is 0 Å². The minimum absolute atomic E-state index is 0.0725. The van der Waals surface area contributed by atoms with Crippen molar-refractivity contribution >= 4 is 15.9 Å². The van der Waals surface area contributed by atoms with Crippen molar-refractivity contribution in [2.24, 2.45) is 0 Å². The van der Waals surface area contributed by atoms with E-state index < -0.39 is 10.0 Å². The van der Waals surface area contributed by atoms with Crippen LogP contribution in [-0.2, 0) is 16.4 Å². The van der Waals surface area contributed by atoms with Crippen molar-refractivity contribution in [3.63, 3.8) is 0 Å². The summed E-state index contributed by atoms with van der Waals surface area (Å²) in [7, 11) is -3.19. The Hall–Kier alpha value is -1.48. The van der Waals surface area contributed by atoms with Crippen molar-refractivity contribution < 1.29 is 13.2 Å². The van der Waals surface area contributed by atoms with Crippen LogP contribution in [-0.4, -0.2) is 59.3 Å².